The molecule has 0 amide bonds. The molecule has 0 bridgehead atoms. The van der Waals surface area contributed by atoms with Crippen LogP contribution in [0, 0.1) is 0 Å². The molecule has 0 atom stereocenters. The van der Waals surface area contributed by atoms with Crippen molar-refractivity contribution in [3.8, 4) is 0 Å². The van der Waals surface area contributed by atoms with Gasteiger partial charge in [-0.1, -0.05) is 0 Å². The van der Waals surface area contributed by atoms with Gasteiger partial charge in [0.2, 0.25) is 0 Å². The van der Waals surface area contributed by atoms with Crippen LogP contribution < -0.4 is 0 Å². The van der Waals surface area contributed by atoms with E-state index in [4.69, 9.17) is 30.0 Å². The molecule has 1 rings (SSSR count). The van der Waals surface area contributed by atoms with Crippen LogP contribution >= 0.6 is 30.0 Å². The second kappa shape index (κ2) is 3.04. The fourth-order valence-corrected chi connectivity index (χ4v) is 5.35. The summed E-state index contributed by atoms with van der Waals surface area (Å²) < 4.78 is 0.384. The molecule has 4 heteroatoms. The van der Waals surface area contributed by atoms with E-state index < -0.39 is 10.5 Å². The zero-order chi connectivity index (χ0) is 6.91. The Bertz CT molecular complexity index is 119. The Kier molecular flexibility index (Phi) is 2.78. The summed E-state index contributed by atoms with van der Waals surface area (Å²) in [5.74, 6) is 0. The maximum absolute atomic E-state index is 5.82. The van der Waals surface area contributed by atoms with Crippen molar-refractivity contribution >= 4 is 40.5 Å². The number of hydrogen-bond donors (Lipinski definition) is 0. The van der Waals surface area contributed by atoms with Crippen molar-refractivity contribution in [1.82, 2.24) is 0 Å². The van der Waals surface area contributed by atoms with E-state index in [0.717, 1.165) is 12.8 Å². The van der Waals surface area contributed by atoms with Crippen LogP contribution in [0.15, 0.2) is 12.2 Å². The van der Waals surface area contributed by atoms with E-state index in [1.54, 1.807) is 0 Å². The van der Waals surface area contributed by atoms with Gasteiger partial charge in [-0.3, -0.25) is 0 Å². The molecule has 0 unspecified atom stereocenters. The topological polar surface area (TPSA) is 0 Å². The van der Waals surface area contributed by atoms with Gasteiger partial charge in [-0.25, -0.2) is 0 Å². The first kappa shape index (κ1) is 8.25. The van der Waals surface area contributed by atoms with Gasteiger partial charge in [0.1, 0.15) is 0 Å². The first-order valence-electron chi connectivity index (χ1n) is 2.82. The molecule has 1 aliphatic rings. The van der Waals surface area contributed by atoms with Crippen LogP contribution in [0.1, 0.15) is 12.8 Å². The first-order chi connectivity index (χ1) is 4.11. The molecule has 0 aromatic carbocycles. The van der Waals surface area contributed by atoms with E-state index in [9.17, 15) is 0 Å². The van der Waals surface area contributed by atoms with Crippen LogP contribution in [0.25, 0.3) is 0 Å². The van der Waals surface area contributed by atoms with Crippen molar-refractivity contribution in [3.63, 3.8) is 0 Å². The summed E-state index contributed by atoms with van der Waals surface area (Å²) in [6, 6.07) is 0. The Labute approximate surface area is 70.1 Å². The van der Waals surface area contributed by atoms with E-state index in [0.29, 0.717) is 4.75 Å². The first-order valence-corrected chi connectivity index (χ1v) is 12.3. The van der Waals surface area contributed by atoms with E-state index in [2.05, 4.69) is 12.2 Å². The van der Waals surface area contributed by atoms with Gasteiger partial charge in [-0.05, 0) is 0 Å². The van der Waals surface area contributed by atoms with Gasteiger partial charge in [0.05, 0.1) is 0 Å². The summed E-state index contributed by atoms with van der Waals surface area (Å²) in [7, 11) is 14.6. The van der Waals surface area contributed by atoms with Crippen LogP contribution in [0.5, 0.6) is 0 Å². The zero-order valence-corrected chi connectivity index (χ0v) is 9.15. The van der Waals surface area contributed by atoms with Gasteiger partial charge in [-0.2, -0.15) is 0 Å². The Morgan fingerprint density at radius 2 is 1.56 bits per heavy atom. The molecular formula is C5H7Cl3Ge. The molecule has 0 heterocycles. The van der Waals surface area contributed by atoms with Crippen LogP contribution in [0.3, 0.4) is 0 Å². The summed E-state index contributed by atoms with van der Waals surface area (Å²) in [6.45, 7) is 0. The molecule has 0 spiro atoms. The maximum atomic E-state index is 5.82. The SMILES string of the molecule is [Cl][Ge]([Cl])([Cl])[CH]1CC=CC1. The third-order valence-corrected chi connectivity index (χ3v) is 9.21. The average molecular weight is 246 g/mol. The average Bonchev–Trinajstić information content (AvgIpc) is 2.08. The third-order valence-electron chi connectivity index (χ3n) is 1.47. The van der Waals surface area contributed by atoms with Crippen molar-refractivity contribution in [2.45, 2.75) is 17.6 Å². The summed E-state index contributed by atoms with van der Waals surface area (Å²) in [5, 5.41) is 0. The standard InChI is InChI=1S/C5H7Cl3Ge/c6-9(7,8)5-3-1-2-4-5/h1-2,5H,3-4H2. The van der Waals surface area contributed by atoms with Gasteiger partial charge in [0.25, 0.3) is 0 Å². The van der Waals surface area contributed by atoms with Crippen LogP contribution in [-0.2, 0) is 0 Å². The van der Waals surface area contributed by atoms with Gasteiger partial charge in [0.15, 0.2) is 0 Å². The molecule has 52 valence electrons. The van der Waals surface area contributed by atoms with E-state index >= 15 is 0 Å². The van der Waals surface area contributed by atoms with Gasteiger partial charge in [-0.15, -0.1) is 0 Å². The Morgan fingerprint density at radius 1 is 1.11 bits per heavy atom. The summed E-state index contributed by atoms with van der Waals surface area (Å²) >= 11 is 0. The predicted molar refractivity (Wildman–Crippen MR) is 45.4 cm³/mol. The Balaban J connectivity index is 2.46. The third kappa shape index (κ3) is 2.34. The molecule has 9 heavy (non-hydrogen) atoms. The molecule has 1 aliphatic carbocycles. The molecule has 0 radical (unpaired) electrons. The summed E-state index contributed by atoms with van der Waals surface area (Å²) in [4.78, 5) is 0. The minimum atomic E-state index is -2.83. The van der Waals surface area contributed by atoms with Crippen LogP contribution in [0.4, 0.5) is 0 Å². The molecule has 0 nitrogen and oxygen atoms in total. The number of rotatable bonds is 1. The minimum absolute atomic E-state index is 0.384. The second-order valence-corrected chi connectivity index (χ2v) is 18.5. The fraction of sp³-hybridized carbons (Fsp3) is 0.600. The molecule has 0 saturated heterocycles. The van der Waals surface area contributed by atoms with Gasteiger partial charge in [0, 0.05) is 0 Å². The molecular weight excluding hydrogens is 239 g/mol. The Morgan fingerprint density at radius 3 is 1.78 bits per heavy atom. The summed E-state index contributed by atoms with van der Waals surface area (Å²) in [5.41, 5.74) is 0. The molecule has 0 saturated carbocycles. The quantitative estimate of drug-likeness (QED) is 0.491. The van der Waals surface area contributed by atoms with Gasteiger partial charge < -0.3 is 0 Å². The van der Waals surface area contributed by atoms with Crippen LogP contribution in [-0.4, -0.2) is 10.5 Å². The van der Waals surface area contributed by atoms with E-state index in [1.807, 2.05) is 0 Å². The van der Waals surface area contributed by atoms with Crippen molar-refractivity contribution in [1.29, 1.82) is 0 Å². The number of halogens is 3. The molecule has 0 aromatic rings. The molecule has 0 N–H and O–H groups in total. The van der Waals surface area contributed by atoms with Crippen molar-refractivity contribution in [2.24, 2.45) is 0 Å². The normalized spacial score (nSPS) is 21.2. The van der Waals surface area contributed by atoms with Crippen molar-refractivity contribution in [3.05, 3.63) is 12.2 Å². The molecule has 0 aromatic heterocycles. The number of allylic oxidation sites excluding steroid dienone is 2. The molecule has 0 fully saturated rings. The Hall–Kier alpha value is 1.15. The van der Waals surface area contributed by atoms with E-state index in [1.165, 1.54) is 0 Å². The monoisotopic (exact) mass is 246 g/mol. The second-order valence-electron chi connectivity index (χ2n) is 2.18. The van der Waals surface area contributed by atoms with Crippen LogP contribution in [0.2, 0.25) is 4.75 Å². The van der Waals surface area contributed by atoms with Gasteiger partial charge >= 0.3 is 70.3 Å². The summed E-state index contributed by atoms with van der Waals surface area (Å²) in [6.07, 6.45) is 6.16. The van der Waals surface area contributed by atoms with Crippen molar-refractivity contribution < 1.29 is 0 Å². The molecule has 0 aliphatic heterocycles. The van der Waals surface area contributed by atoms with E-state index in [-0.39, 0.29) is 0 Å². The predicted octanol–water partition coefficient (Wildman–Crippen LogP) is 3.36. The number of hydrogen-bond acceptors (Lipinski definition) is 0. The fourth-order valence-electron chi connectivity index (χ4n) is 0.884. The zero-order valence-electron chi connectivity index (χ0n) is 4.78. The van der Waals surface area contributed by atoms with Crippen molar-refractivity contribution in [2.75, 3.05) is 0 Å².